The Morgan fingerprint density at radius 2 is 1.04 bits per heavy atom. The highest BCUT2D eigenvalue weighted by Crippen LogP contribution is 2.14. The van der Waals surface area contributed by atoms with E-state index in [4.69, 9.17) is 0 Å². The molecule has 0 aromatic heterocycles. The highest BCUT2D eigenvalue weighted by molar-refractivity contribution is 5.76. The van der Waals surface area contributed by atoms with Crippen LogP contribution in [-0.4, -0.2) is 46.3 Å². The molecule has 0 radical (unpaired) electrons. The Morgan fingerprint density at radius 1 is 0.692 bits per heavy atom. The monoisotopic (exact) mass is 371 g/mol. The van der Waals surface area contributed by atoms with E-state index in [1.54, 1.807) is 4.90 Å². The number of aliphatic hydroxyl groups excluding tert-OH is 2. The maximum Gasteiger partial charge on any atom is 0.223 e. The van der Waals surface area contributed by atoms with Crippen LogP contribution in [0.1, 0.15) is 111 Å². The lowest BCUT2D eigenvalue weighted by Crippen LogP contribution is -2.47. The molecule has 2 atom stereocenters. The smallest absolute Gasteiger partial charge is 0.223 e. The molecule has 0 saturated carbocycles. The van der Waals surface area contributed by atoms with Gasteiger partial charge in [0.2, 0.25) is 5.91 Å². The van der Waals surface area contributed by atoms with Gasteiger partial charge in [-0.1, -0.05) is 84.0 Å². The van der Waals surface area contributed by atoms with Gasteiger partial charge in [-0.3, -0.25) is 4.79 Å². The Labute approximate surface area is 162 Å². The van der Waals surface area contributed by atoms with Gasteiger partial charge in [0, 0.05) is 6.42 Å². The normalized spacial score (nSPS) is 13.6. The lowest BCUT2D eigenvalue weighted by Gasteiger charge is -2.33. The van der Waals surface area contributed by atoms with Gasteiger partial charge in [-0.15, -0.1) is 0 Å². The van der Waals surface area contributed by atoms with Crippen LogP contribution in [0.15, 0.2) is 0 Å². The van der Waals surface area contributed by atoms with E-state index < -0.39 is 0 Å². The molecule has 0 aromatic rings. The zero-order chi connectivity index (χ0) is 19.6. The van der Waals surface area contributed by atoms with Gasteiger partial charge < -0.3 is 15.1 Å². The van der Waals surface area contributed by atoms with Crippen molar-refractivity contribution < 1.29 is 15.0 Å². The van der Waals surface area contributed by atoms with E-state index >= 15 is 0 Å². The molecular formula is C22H45NO3. The van der Waals surface area contributed by atoms with E-state index in [-0.39, 0.29) is 31.2 Å². The number of hydrogen-bond donors (Lipinski definition) is 2. The molecule has 0 aliphatic carbocycles. The van der Waals surface area contributed by atoms with E-state index in [2.05, 4.69) is 6.92 Å². The highest BCUT2D eigenvalue weighted by atomic mass is 16.3. The van der Waals surface area contributed by atoms with Crippen molar-refractivity contribution in [2.24, 2.45) is 0 Å². The van der Waals surface area contributed by atoms with Crippen molar-refractivity contribution in [2.75, 3.05) is 13.2 Å². The van der Waals surface area contributed by atoms with Crippen LogP contribution in [0.25, 0.3) is 0 Å². The molecule has 0 aliphatic rings. The second-order valence-electron chi connectivity index (χ2n) is 7.86. The SMILES string of the molecule is CCCCCCCCCCCCCCCC(=O)N(C(C)CO)C(C)CO. The molecule has 0 spiro atoms. The number of unbranched alkanes of at least 4 members (excludes halogenated alkanes) is 12. The molecule has 0 bridgehead atoms. The zero-order valence-corrected chi connectivity index (χ0v) is 17.7. The van der Waals surface area contributed by atoms with Crippen LogP contribution in [0, 0.1) is 0 Å². The number of nitrogens with zero attached hydrogens (tertiary/aromatic N) is 1. The summed E-state index contributed by atoms with van der Waals surface area (Å²) in [7, 11) is 0. The van der Waals surface area contributed by atoms with E-state index in [9.17, 15) is 15.0 Å². The lowest BCUT2D eigenvalue weighted by molar-refractivity contribution is -0.137. The highest BCUT2D eigenvalue weighted by Gasteiger charge is 2.23. The second-order valence-corrected chi connectivity index (χ2v) is 7.86. The van der Waals surface area contributed by atoms with Crippen molar-refractivity contribution in [3.05, 3.63) is 0 Å². The van der Waals surface area contributed by atoms with E-state index in [1.807, 2.05) is 13.8 Å². The topological polar surface area (TPSA) is 60.8 Å². The largest absolute Gasteiger partial charge is 0.394 e. The minimum atomic E-state index is -0.230. The van der Waals surface area contributed by atoms with Gasteiger partial charge in [-0.2, -0.15) is 0 Å². The Morgan fingerprint density at radius 3 is 1.38 bits per heavy atom. The minimum absolute atomic E-state index is 0.0520. The maximum atomic E-state index is 12.3. The molecule has 0 heterocycles. The van der Waals surface area contributed by atoms with E-state index in [0.29, 0.717) is 6.42 Å². The third-order valence-corrected chi connectivity index (χ3v) is 5.26. The third-order valence-electron chi connectivity index (χ3n) is 5.26. The molecule has 2 unspecified atom stereocenters. The van der Waals surface area contributed by atoms with Gasteiger partial charge in [-0.25, -0.2) is 0 Å². The molecule has 0 saturated heterocycles. The van der Waals surface area contributed by atoms with Gasteiger partial charge in [0.15, 0.2) is 0 Å². The van der Waals surface area contributed by atoms with Gasteiger partial charge in [0.25, 0.3) is 0 Å². The van der Waals surface area contributed by atoms with Gasteiger partial charge in [0.05, 0.1) is 25.3 Å². The summed E-state index contributed by atoms with van der Waals surface area (Å²) in [5, 5.41) is 18.6. The van der Waals surface area contributed by atoms with Gasteiger partial charge in [0.1, 0.15) is 0 Å². The number of carbonyl (C=O) groups is 1. The Hall–Kier alpha value is -0.610. The van der Waals surface area contributed by atoms with Crippen LogP contribution < -0.4 is 0 Å². The van der Waals surface area contributed by atoms with E-state index in [0.717, 1.165) is 12.8 Å². The molecule has 156 valence electrons. The Balaban J connectivity index is 3.60. The van der Waals surface area contributed by atoms with Crippen molar-refractivity contribution >= 4 is 5.91 Å². The van der Waals surface area contributed by atoms with Crippen LogP contribution in [0.4, 0.5) is 0 Å². The Bertz CT molecular complexity index is 313. The molecule has 26 heavy (non-hydrogen) atoms. The van der Waals surface area contributed by atoms with Crippen molar-refractivity contribution in [1.29, 1.82) is 0 Å². The van der Waals surface area contributed by atoms with Crippen LogP contribution in [-0.2, 0) is 4.79 Å². The average Bonchev–Trinajstić information content (AvgIpc) is 2.65. The fourth-order valence-corrected chi connectivity index (χ4v) is 3.53. The predicted octanol–water partition coefficient (Wildman–Crippen LogP) is 5.06. The van der Waals surface area contributed by atoms with Crippen molar-refractivity contribution in [2.45, 2.75) is 123 Å². The van der Waals surface area contributed by atoms with Crippen LogP contribution in [0.5, 0.6) is 0 Å². The lowest BCUT2D eigenvalue weighted by atomic mass is 10.0. The van der Waals surface area contributed by atoms with Crippen LogP contribution >= 0.6 is 0 Å². The zero-order valence-electron chi connectivity index (χ0n) is 17.7. The molecule has 2 N–H and O–H groups in total. The van der Waals surface area contributed by atoms with Gasteiger partial charge >= 0.3 is 0 Å². The predicted molar refractivity (Wildman–Crippen MR) is 110 cm³/mol. The molecule has 4 heteroatoms. The van der Waals surface area contributed by atoms with Gasteiger partial charge in [-0.05, 0) is 20.3 Å². The maximum absolute atomic E-state index is 12.3. The quantitative estimate of drug-likeness (QED) is 0.331. The van der Waals surface area contributed by atoms with Crippen molar-refractivity contribution in [3.63, 3.8) is 0 Å². The first-order valence-corrected chi connectivity index (χ1v) is 11.1. The summed E-state index contributed by atoms with van der Waals surface area (Å²) >= 11 is 0. The molecule has 0 fully saturated rings. The Kier molecular flexibility index (Phi) is 17.4. The summed E-state index contributed by atoms with van der Waals surface area (Å²) in [6, 6.07) is -0.460. The molecule has 0 rings (SSSR count). The standard InChI is InChI=1S/C22H45NO3/c1-4-5-6-7-8-9-10-11-12-13-14-15-16-17-22(26)23(20(2)18-24)21(3)19-25/h20-21,24-25H,4-19H2,1-3H3. The summed E-state index contributed by atoms with van der Waals surface area (Å²) in [4.78, 5) is 14.0. The molecule has 4 nitrogen and oxygen atoms in total. The van der Waals surface area contributed by atoms with Crippen LogP contribution in [0.3, 0.4) is 0 Å². The third kappa shape index (κ3) is 12.7. The van der Waals surface area contributed by atoms with E-state index in [1.165, 1.54) is 70.6 Å². The molecule has 0 aromatic carbocycles. The van der Waals surface area contributed by atoms with Crippen molar-refractivity contribution in [3.8, 4) is 0 Å². The summed E-state index contributed by atoms with van der Waals surface area (Å²) < 4.78 is 0. The number of amides is 1. The second kappa shape index (κ2) is 17.8. The fourth-order valence-electron chi connectivity index (χ4n) is 3.53. The van der Waals surface area contributed by atoms with Crippen molar-refractivity contribution in [1.82, 2.24) is 4.90 Å². The number of hydrogen-bond acceptors (Lipinski definition) is 3. The molecule has 0 aliphatic heterocycles. The number of carbonyl (C=O) groups excluding carboxylic acids is 1. The summed E-state index contributed by atoms with van der Waals surface area (Å²) in [5.41, 5.74) is 0. The number of rotatable bonds is 18. The first-order valence-electron chi connectivity index (χ1n) is 11.1. The minimum Gasteiger partial charge on any atom is -0.394 e. The first kappa shape index (κ1) is 25.4. The summed E-state index contributed by atoms with van der Waals surface area (Å²) in [6.45, 7) is 5.79. The molecular weight excluding hydrogens is 326 g/mol. The first-order chi connectivity index (χ1) is 12.6. The fraction of sp³-hybridized carbons (Fsp3) is 0.955. The molecule has 1 amide bonds. The number of aliphatic hydroxyl groups is 2. The summed E-state index contributed by atoms with van der Waals surface area (Å²) in [5.74, 6) is 0.0520. The average molecular weight is 372 g/mol. The van der Waals surface area contributed by atoms with Crippen LogP contribution in [0.2, 0.25) is 0 Å². The summed E-state index contributed by atoms with van der Waals surface area (Å²) in [6.07, 6.45) is 17.3.